The average molecular weight is 432 g/mol. The Morgan fingerprint density at radius 3 is 2.28 bits per heavy atom. The molecule has 1 spiro atoms. The molecule has 2 aromatic rings. The number of hydrogen-bond donors (Lipinski definition) is 1. The second kappa shape index (κ2) is 8.90. The Bertz CT molecular complexity index is 925. The molecule has 0 radical (unpaired) electrons. The minimum absolute atomic E-state index is 0.0794. The van der Waals surface area contributed by atoms with Gasteiger partial charge in [-0.1, -0.05) is 56.3 Å². The molecule has 2 aliphatic heterocycles. The number of piperidine rings is 1. The molecule has 1 saturated heterocycles. The number of carbonyl (C=O) groups excluding carboxylic acids is 1. The van der Waals surface area contributed by atoms with Gasteiger partial charge in [-0.3, -0.25) is 4.79 Å². The third-order valence-electron chi connectivity index (χ3n) is 8.31. The van der Waals surface area contributed by atoms with E-state index in [4.69, 9.17) is 0 Å². The van der Waals surface area contributed by atoms with E-state index in [1.807, 2.05) is 12.1 Å². The van der Waals surface area contributed by atoms with E-state index in [9.17, 15) is 4.79 Å². The van der Waals surface area contributed by atoms with Gasteiger partial charge >= 0.3 is 0 Å². The highest BCUT2D eigenvalue weighted by Crippen LogP contribution is 2.40. The van der Waals surface area contributed by atoms with Gasteiger partial charge in [-0.25, -0.2) is 0 Å². The highest BCUT2D eigenvalue weighted by Gasteiger charge is 2.46. The van der Waals surface area contributed by atoms with Crippen molar-refractivity contribution in [2.45, 2.75) is 70.6 Å². The van der Waals surface area contributed by atoms with Crippen LogP contribution in [0.1, 0.15) is 68.3 Å². The van der Waals surface area contributed by atoms with Gasteiger partial charge in [0.1, 0.15) is 5.66 Å². The second-order valence-corrected chi connectivity index (χ2v) is 10.4. The first kappa shape index (κ1) is 21.5. The molecule has 1 saturated carbocycles. The zero-order chi connectivity index (χ0) is 22.1. The second-order valence-electron chi connectivity index (χ2n) is 10.4. The SMILES string of the molecule is CC(C)C1CCC(N2CCC3(CC2)NC(=O)c2ccccc2N3Cc2ccccc2)CC1. The summed E-state index contributed by atoms with van der Waals surface area (Å²) in [7, 11) is 0. The highest BCUT2D eigenvalue weighted by atomic mass is 16.2. The van der Waals surface area contributed by atoms with Gasteiger partial charge in [0.15, 0.2) is 0 Å². The van der Waals surface area contributed by atoms with Crippen molar-refractivity contribution in [2.24, 2.45) is 11.8 Å². The summed E-state index contributed by atoms with van der Waals surface area (Å²) in [5.41, 5.74) is 2.86. The lowest BCUT2D eigenvalue weighted by atomic mass is 9.78. The zero-order valence-corrected chi connectivity index (χ0v) is 19.6. The monoisotopic (exact) mass is 431 g/mol. The molecule has 0 unspecified atom stereocenters. The molecule has 4 nitrogen and oxygen atoms in total. The first-order valence-electron chi connectivity index (χ1n) is 12.5. The van der Waals surface area contributed by atoms with Crippen molar-refractivity contribution in [1.29, 1.82) is 0 Å². The van der Waals surface area contributed by atoms with Crippen LogP contribution < -0.4 is 10.2 Å². The van der Waals surface area contributed by atoms with Crippen molar-refractivity contribution in [2.75, 3.05) is 18.0 Å². The molecular formula is C28H37N3O. The van der Waals surface area contributed by atoms with E-state index in [1.54, 1.807) is 0 Å². The van der Waals surface area contributed by atoms with Crippen LogP contribution in [0.5, 0.6) is 0 Å². The van der Waals surface area contributed by atoms with Gasteiger partial charge < -0.3 is 15.1 Å². The molecule has 3 aliphatic rings. The van der Waals surface area contributed by atoms with Crippen LogP contribution in [-0.2, 0) is 6.54 Å². The summed E-state index contributed by atoms with van der Waals surface area (Å²) in [5, 5.41) is 3.46. The summed E-state index contributed by atoms with van der Waals surface area (Å²) >= 11 is 0. The first-order chi connectivity index (χ1) is 15.6. The number of amides is 1. The van der Waals surface area contributed by atoms with Crippen LogP contribution in [0.3, 0.4) is 0 Å². The largest absolute Gasteiger partial charge is 0.344 e. The third kappa shape index (κ3) is 4.05. The molecular weight excluding hydrogens is 394 g/mol. The number of nitrogens with one attached hydrogen (secondary N) is 1. The normalized spacial score (nSPS) is 25.6. The van der Waals surface area contributed by atoms with Gasteiger partial charge in [-0.2, -0.15) is 0 Å². The summed E-state index contributed by atoms with van der Waals surface area (Å²) in [6, 6.07) is 19.5. The Hall–Kier alpha value is -2.33. The standard InChI is InChI=1S/C28H37N3O/c1-21(2)23-12-14-24(15-13-23)30-18-16-28(17-19-30)29-27(32)25-10-6-7-11-26(25)31(28)20-22-8-4-3-5-9-22/h3-11,21,23-24H,12-20H2,1-2H3,(H,29,32). The third-order valence-corrected chi connectivity index (χ3v) is 8.31. The summed E-state index contributed by atoms with van der Waals surface area (Å²) in [4.78, 5) is 18.3. The predicted molar refractivity (Wildman–Crippen MR) is 131 cm³/mol. The van der Waals surface area contributed by atoms with Gasteiger partial charge in [0, 0.05) is 38.5 Å². The van der Waals surface area contributed by atoms with Crippen LogP contribution in [0.25, 0.3) is 0 Å². The quantitative estimate of drug-likeness (QED) is 0.700. The molecule has 170 valence electrons. The van der Waals surface area contributed by atoms with Crippen molar-refractivity contribution < 1.29 is 4.79 Å². The Kier molecular flexibility index (Phi) is 5.98. The number of benzene rings is 2. The van der Waals surface area contributed by atoms with Crippen LogP contribution in [-0.4, -0.2) is 35.6 Å². The number of fused-ring (bicyclic) bond motifs is 1. The van der Waals surface area contributed by atoms with E-state index in [0.717, 1.165) is 61.6 Å². The average Bonchev–Trinajstić information content (AvgIpc) is 2.83. The Balaban J connectivity index is 1.35. The van der Waals surface area contributed by atoms with Crippen LogP contribution in [0.2, 0.25) is 0 Å². The molecule has 1 N–H and O–H groups in total. The topological polar surface area (TPSA) is 35.6 Å². The molecule has 2 aromatic carbocycles. The van der Waals surface area contributed by atoms with Crippen molar-refractivity contribution in [1.82, 2.24) is 10.2 Å². The van der Waals surface area contributed by atoms with Crippen LogP contribution in [0, 0.1) is 11.8 Å². The minimum Gasteiger partial charge on any atom is -0.344 e. The lowest BCUT2D eigenvalue weighted by Gasteiger charge is -2.54. The first-order valence-corrected chi connectivity index (χ1v) is 12.5. The molecule has 5 rings (SSSR count). The summed E-state index contributed by atoms with van der Waals surface area (Å²) in [6.07, 6.45) is 7.36. The number of anilines is 1. The van der Waals surface area contributed by atoms with Gasteiger partial charge in [-0.05, 0) is 55.2 Å². The summed E-state index contributed by atoms with van der Waals surface area (Å²) < 4.78 is 0. The van der Waals surface area contributed by atoms with E-state index < -0.39 is 0 Å². The molecule has 4 heteroatoms. The number of nitrogens with zero attached hydrogens (tertiary/aromatic N) is 2. The van der Waals surface area contributed by atoms with Crippen molar-refractivity contribution in [3.05, 3.63) is 65.7 Å². The zero-order valence-electron chi connectivity index (χ0n) is 19.6. The van der Waals surface area contributed by atoms with Crippen LogP contribution in [0.4, 0.5) is 5.69 Å². The van der Waals surface area contributed by atoms with Crippen molar-refractivity contribution in [3.8, 4) is 0 Å². The van der Waals surface area contributed by atoms with E-state index in [0.29, 0.717) is 0 Å². The fourth-order valence-electron chi connectivity index (χ4n) is 6.27. The molecule has 2 heterocycles. The Morgan fingerprint density at radius 1 is 0.938 bits per heavy atom. The number of rotatable bonds is 4. The van der Waals surface area contributed by atoms with Gasteiger partial charge in [0.05, 0.1) is 11.3 Å². The lowest BCUT2D eigenvalue weighted by molar-refractivity contribution is 0.0548. The molecule has 0 bridgehead atoms. The maximum atomic E-state index is 13.1. The van der Waals surface area contributed by atoms with Gasteiger partial charge in [-0.15, -0.1) is 0 Å². The van der Waals surface area contributed by atoms with Crippen LogP contribution in [0.15, 0.2) is 54.6 Å². The number of para-hydroxylation sites is 1. The molecule has 0 aromatic heterocycles. The van der Waals surface area contributed by atoms with Crippen molar-refractivity contribution >= 4 is 11.6 Å². The predicted octanol–water partition coefficient (Wildman–Crippen LogP) is 5.44. The molecule has 2 fully saturated rings. The Morgan fingerprint density at radius 2 is 1.59 bits per heavy atom. The van der Waals surface area contributed by atoms with E-state index >= 15 is 0 Å². The minimum atomic E-state index is -0.299. The molecule has 1 aliphatic carbocycles. The maximum Gasteiger partial charge on any atom is 0.255 e. The molecule has 32 heavy (non-hydrogen) atoms. The molecule has 0 atom stereocenters. The van der Waals surface area contributed by atoms with Crippen LogP contribution >= 0.6 is 0 Å². The Labute approximate surface area is 193 Å². The number of carbonyl (C=O) groups is 1. The summed E-state index contributed by atoms with van der Waals surface area (Å²) in [5.74, 6) is 1.79. The van der Waals surface area contributed by atoms with E-state index in [1.165, 1.54) is 31.2 Å². The number of likely N-dealkylation sites (tertiary alicyclic amines) is 1. The van der Waals surface area contributed by atoms with Crippen molar-refractivity contribution in [3.63, 3.8) is 0 Å². The van der Waals surface area contributed by atoms with Gasteiger partial charge in [0.2, 0.25) is 0 Å². The van der Waals surface area contributed by atoms with Gasteiger partial charge in [0.25, 0.3) is 5.91 Å². The lowest BCUT2D eigenvalue weighted by Crippen LogP contribution is -2.68. The fraction of sp³-hybridized carbons (Fsp3) is 0.536. The number of hydrogen-bond acceptors (Lipinski definition) is 3. The molecule has 1 amide bonds. The van der Waals surface area contributed by atoms with E-state index in [2.05, 4.69) is 71.4 Å². The maximum absolute atomic E-state index is 13.1. The fourth-order valence-corrected chi connectivity index (χ4v) is 6.27. The van der Waals surface area contributed by atoms with E-state index in [-0.39, 0.29) is 11.6 Å². The highest BCUT2D eigenvalue weighted by molar-refractivity contribution is 6.02. The summed E-state index contributed by atoms with van der Waals surface area (Å²) in [6.45, 7) is 7.69. The smallest absolute Gasteiger partial charge is 0.255 e.